The van der Waals surface area contributed by atoms with E-state index >= 15 is 0 Å². The van der Waals surface area contributed by atoms with Crippen molar-refractivity contribution in [3.05, 3.63) is 62.3 Å². The van der Waals surface area contributed by atoms with Gasteiger partial charge in [0.1, 0.15) is 0 Å². The van der Waals surface area contributed by atoms with Crippen LogP contribution in [0.3, 0.4) is 0 Å². The van der Waals surface area contributed by atoms with E-state index in [2.05, 4.69) is 26.3 Å². The van der Waals surface area contributed by atoms with Crippen LogP contribution in [0.5, 0.6) is 0 Å². The maximum absolute atomic E-state index is 6.21. The van der Waals surface area contributed by atoms with E-state index in [9.17, 15) is 0 Å². The molecule has 2 rings (SSSR count). The highest BCUT2D eigenvalue weighted by molar-refractivity contribution is 9.10. The van der Waals surface area contributed by atoms with Gasteiger partial charge in [0.05, 0.1) is 16.8 Å². The average Bonchev–Trinajstić information content (AvgIpc) is 2.39. The quantitative estimate of drug-likeness (QED) is 0.642. The Morgan fingerprint density at radius 3 is 2.68 bits per heavy atom. The highest BCUT2D eigenvalue weighted by Gasteiger charge is 2.16. The van der Waals surface area contributed by atoms with Crippen molar-refractivity contribution in [2.45, 2.75) is 12.5 Å². The van der Waals surface area contributed by atoms with Gasteiger partial charge in [0.15, 0.2) is 0 Å². The van der Waals surface area contributed by atoms with Crippen molar-refractivity contribution in [2.24, 2.45) is 5.84 Å². The van der Waals surface area contributed by atoms with Crippen molar-refractivity contribution in [1.82, 2.24) is 10.4 Å². The van der Waals surface area contributed by atoms with Gasteiger partial charge in [-0.1, -0.05) is 45.2 Å². The van der Waals surface area contributed by atoms with Crippen LogP contribution in [0.4, 0.5) is 0 Å². The fourth-order valence-electron chi connectivity index (χ4n) is 1.80. The maximum Gasteiger partial charge on any atom is 0.0775 e. The Kier molecular flexibility index (Phi) is 5.19. The predicted molar refractivity (Wildman–Crippen MR) is 82.2 cm³/mol. The summed E-state index contributed by atoms with van der Waals surface area (Å²) in [4.78, 5) is 4.27. The summed E-state index contributed by atoms with van der Waals surface area (Å²) in [6.45, 7) is 0. The predicted octanol–water partition coefficient (Wildman–Crippen LogP) is 3.90. The molecule has 0 saturated heterocycles. The summed E-state index contributed by atoms with van der Waals surface area (Å²) in [5.74, 6) is 5.60. The van der Waals surface area contributed by atoms with E-state index < -0.39 is 0 Å². The number of nitrogens with zero attached hydrogens (tertiary/aromatic N) is 1. The second-order valence-corrected chi connectivity index (χ2v) is 5.76. The van der Waals surface area contributed by atoms with Crippen molar-refractivity contribution in [2.75, 3.05) is 0 Å². The monoisotopic (exact) mass is 359 g/mol. The fourth-order valence-corrected chi connectivity index (χ4v) is 2.80. The lowest BCUT2D eigenvalue weighted by Crippen LogP contribution is -2.30. The van der Waals surface area contributed by atoms with E-state index in [0.717, 1.165) is 10.0 Å². The van der Waals surface area contributed by atoms with Crippen LogP contribution < -0.4 is 11.3 Å². The number of rotatable bonds is 4. The van der Waals surface area contributed by atoms with Gasteiger partial charge in [0.2, 0.25) is 0 Å². The highest BCUT2D eigenvalue weighted by Crippen LogP contribution is 2.27. The molecule has 0 aliphatic rings. The van der Waals surface area contributed by atoms with Gasteiger partial charge >= 0.3 is 0 Å². The molecule has 1 heterocycles. The standard InChI is InChI=1S/C13H12BrCl2N3/c14-9-4-3-8(11(16)7-9)6-12(19-17)13-10(15)2-1-5-18-13/h1-5,7,12,19H,6,17H2. The van der Waals surface area contributed by atoms with Gasteiger partial charge in [-0.05, 0) is 36.2 Å². The van der Waals surface area contributed by atoms with Crippen LogP contribution in [0.1, 0.15) is 17.3 Å². The molecular weight excluding hydrogens is 349 g/mol. The first-order valence-corrected chi connectivity index (χ1v) is 7.17. The number of hydrogen-bond donors (Lipinski definition) is 2. The summed E-state index contributed by atoms with van der Waals surface area (Å²) in [6, 6.07) is 9.13. The summed E-state index contributed by atoms with van der Waals surface area (Å²) >= 11 is 15.7. The van der Waals surface area contributed by atoms with Crippen LogP contribution in [-0.4, -0.2) is 4.98 Å². The van der Waals surface area contributed by atoms with Gasteiger partial charge in [0.25, 0.3) is 0 Å². The molecule has 0 amide bonds. The molecule has 6 heteroatoms. The number of pyridine rings is 1. The zero-order valence-electron chi connectivity index (χ0n) is 9.91. The normalized spacial score (nSPS) is 12.4. The Morgan fingerprint density at radius 1 is 1.26 bits per heavy atom. The number of hydrazine groups is 1. The van der Waals surface area contributed by atoms with Crippen LogP contribution in [0.15, 0.2) is 41.0 Å². The van der Waals surface area contributed by atoms with Gasteiger partial charge < -0.3 is 0 Å². The lowest BCUT2D eigenvalue weighted by Gasteiger charge is -2.17. The molecule has 2 aromatic rings. The molecule has 1 aromatic heterocycles. The topological polar surface area (TPSA) is 50.9 Å². The molecule has 0 spiro atoms. The third-order valence-corrected chi connectivity index (χ3v) is 3.92. The Bertz CT molecular complexity index is 578. The number of benzene rings is 1. The molecule has 19 heavy (non-hydrogen) atoms. The molecule has 3 N–H and O–H groups in total. The molecule has 1 aromatic carbocycles. The van der Waals surface area contributed by atoms with Gasteiger partial charge in [0, 0.05) is 15.7 Å². The molecule has 0 radical (unpaired) electrons. The van der Waals surface area contributed by atoms with Crippen LogP contribution in [0.2, 0.25) is 10.0 Å². The van der Waals surface area contributed by atoms with E-state index in [4.69, 9.17) is 29.0 Å². The summed E-state index contributed by atoms with van der Waals surface area (Å²) < 4.78 is 0.939. The zero-order valence-corrected chi connectivity index (χ0v) is 13.0. The van der Waals surface area contributed by atoms with Crippen molar-refractivity contribution in [3.63, 3.8) is 0 Å². The number of aromatic nitrogens is 1. The number of halogens is 3. The summed E-state index contributed by atoms with van der Waals surface area (Å²) in [7, 11) is 0. The second-order valence-electron chi connectivity index (χ2n) is 4.03. The molecule has 0 aliphatic carbocycles. The van der Waals surface area contributed by atoms with Crippen molar-refractivity contribution < 1.29 is 0 Å². The summed E-state index contributed by atoms with van der Waals surface area (Å²) in [5, 5.41) is 1.26. The van der Waals surface area contributed by atoms with E-state index in [1.165, 1.54) is 0 Å². The van der Waals surface area contributed by atoms with Crippen molar-refractivity contribution >= 4 is 39.1 Å². The Morgan fingerprint density at radius 2 is 2.05 bits per heavy atom. The van der Waals surface area contributed by atoms with Crippen molar-refractivity contribution in [3.8, 4) is 0 Å². The minimum Gasteiger partial charge on any atom is -0.271 e. The lowest BCUT2D eigenvalue weighted by molar-refractivity contribution is 0.538. The minimum atomic E-state index is -0.188. The molecule has 0 fully saturated rings. The van der Waals surface area contributed by atoms with Gasteiger partial charge in [-0.15, -0.1) is 0 Å². The van der Waals surface area contributed by atoms with Gasteiger partial charge in [-0.2, -0.15) is 0 Å². The number of nitrogens with two attached hydrogens (primary N) is 1. The minimum absolute atomic E-state index is 0.188. The summed E-state index contributed by atoms with van der Waals surface area (Å²) in [5.41, 5.74) is 4.43. The van der Waals surface area contributed by atoms with Crippen LogP contribution in [0, 0.1) is 0 Å². The SMILES string of the molecule is NNC(Cc1ccc(Br)cc1Cl)c1ncccc1Cl. The molecule has 1 unspecified atom stereocenters. The van der Waals surface area contributed by atoms with E-state index in [1.807, 2.05) is 18.2 Å². The smallest absolute Gasteiger partial charge is 0.0775 e. The number of nitrogens with one attached hydrogen (secondary N) is 1. The fraction of sp³-hybridized carbons (Fsp3) is 0.154. The molecule has 100 valence electrons. The molecular formula is C13H12BrCl2N3. The lowest BCUT2D eigenvalue weighted by atomic mass is 10.0. The summed E-state index contributed by atoms with van der Waals surface area (Å²) in [6.07, 6.45) is 2.30. The van der Waals surface area contributed by atoms with E-state index in [-0.39, 0.29) is 6.04 Å². The number of hydrogen-bond acceptors (Lipinski definition) is 3. The Labute approximate surface area is 130 Å². The third-order valence-electron chi connectivity index (χ3n) is 2.76. The second kappa shape index (κ2) is 6.68. The zero-order chi connectivity index (χ0) is 13.8. The first-order chi connectivity index (χ1) is 9.11. The van der Waals surface area contributed by atoms with Gasteiger partial charge in [-0.25, -0.2) is 0 Å². The molecule has 0 saturated carbocycles. The highest BCUT2D eigenvalue weighted by atomic mass is 79.9. The van der Waals surface area contributed by atoms with E-state index in [1.54, 1.807) is 18.3 Å². The largest absolute Gasteiger partial charge is 0.271 e. The Balaban J connectivity index is 2.27. The van der Waals surface area contributed by atoms with E-state index in [0.29, 0.717) is 22.2 Å². The van der Waals surface area contributed by atoms with Crippen LogP contribution in [-0.2, 0) is 6.42 Å². The first-order valence-electron chi connectivity index (χ1n) is 5.62. The molecule has 0 bridgehead atoms. The molecule has 1 atom stereocenters. The third kappa shape index (κ3) is 3.68. The van der Waals surface area contributed by atoms with Crippen LogP contribution in [0.25, 0.3) is 0 Å². The maximum atomic E-state index is 6.21. The molecule has 0 aliphatic heterocycles. The first kappa shape index (κ1) is 14.8. The average molecular weight is 361 g/mol. The van der Waals surface area contributed by atoms with Crippen molar-refractivity contribution in [1.29, 1.82) is 0 Å². The van der Waals surface area contributed by atoms with Crippen LogP contribution >= 0.6 is 39.1 Å². The van der Waals surface area contributed by atoms with Gasteiger partial charge in [-0.3, -0.25) is 16.3 Å². The Hall–Kier alpha value is -0.650. The molecule has 3 nitrogen and oxygen atoms in total.